The van der Waals surface area contributed by atoms with Crippen LogP contribution >= 0.6 is 0 Å². The molecule has 0 saturated heterocycles. The third-order valence-corrected chi connectivity index (χ3v) is 4.07. The van der Waals surface area contributed by atoms with E-state index in [4.69, 9.17) is 5.73 Å². The molecule has 1 amide bonds. The second-order valence-electron chi connectivity index (χ2n) is 5.69. The minimum absolute atomic E-state index is 0.269. The molecule has 2 aliphatic heterocycles. The number of pyridine rings is 1. The highest BCUT2D eigenvalue weighted by atomic mass is 16.1. The Bertz CT molecular complexity index is 902. The van der Waals surface area contributed by atoms with E-state index in [9.17, 15) is 4.79 Å². The molecular formula is C17H16N6O. The van der Waals surface area contributed by atoms with E-state index in [0.717, 1.165) is 22.6 Å². The first kappa shape index (κ1) is 14.4. The molecule has 2 aromatic rings. The van der Waals surface area contributed by atoms with Gasteiger partial charge >= 0.3 is 0 Å². The Morgan fingerprint density at radius 2 is 2.17 bits per heavy atom. The number of amidine groups is 1. The second kappa shape index (κ2) is 5.45. The van der Waals surface area contributed by atoms with Gasteiger partial charge in [-0.15, -0.1) is 0 Å². The molecule has 0 bridgehead atoms. The van der Waals surface area contributed by atoms with Gasteiger partial charge in [-0.3, -0.25) is 20.0 Å². The van der Waals surface area contributed by atoms with Crippen LogP contribution in [0.15, 0.2) is 46.5 Å². The third kappa shape index (κ3) is 2.30. The summed E-state index contributed by atoms with van der Waals surface area (Å²) in [5.74, 6) is 1.49. The van der Waals surface area contributed by atoms with Crippen LogP contribution in [0.2, 0.25) is 0 Å². The van der Waals surface area contributed by atoms with Crippen LogP contribution in [0.25, 0.3) is 0 Å². The van der Waals surface area contributed by atoms with Crippen molar-refractivity contribution < 1.29 is 4.79 Å². The molecule has 0 fully saturated rings. The average Bonchev–Trinajstić information content (AvgIpc) is 3.07. The Kier molecular flexibility index (Phi) is 3.26. The van der Waals surface area contributed by atoms with Crippen LogP contribution in [-0.4, -0.2) is 40.7 Å². The molecule has 0 saturated carbocycles. The average molecular weight is 320 g/mol. The van der Waals surface area contributed by atoms with Gasteiger partial charge in [0.05, 0.1) is 17.8 Å². The number of para-hydroxylation sites is 1. The van der Waals surface area contributed by atoms with Gasteiger partial charge in [0.25, 0.3) is 5.91 Å². The first-order chi connectivity index (χ1) is 11.6. The van der Waals surface area contributed by atoms with Crippen molar-refractivity contribution in [3.05, 3.63) is 53.2 Å². The number of anilines is 1. The van der Waals surface area contributed by atoms with Gasteiger partial charge in [-0.1, -0.05) is 12.1 Å². The lowest BCUT2D eigenvalue weighted by molar-refractivity contribution is 0.0973. The quantitative estimate of drug-likeness (QED) is 0.831. The number of aromatic nitrogens is 1. The van der Waals surface area contributed by atoms with Crippen molar-refractivity contribution in [2.45, 2.75) is 6.92 Å². The van der Waals surface area contributed by atoms with E-state index in [0.29, 0.717) is 30.4 Å². The van der Waals surface area contributed by atoms with Crippen LogP contribution < -0.4 is 11.1 Å². The maximum atomic E-state index is 12.5. The summed E-state index contributed by atoms with van der Waals surface area (Å²) in [6.45, 7) is 3.20. The molecule has 7 heteroatoms. The fourth-order valence-corrected chi connectivity index (χ4v) is 2.80. The topological polar surface area (TPSA) is 96.0 Å². The van der Waals surface area contributed by atoms with Gasteiger partial charge in [0.15, 0.2) is 0 Å². The summed E-state index contributed by atoms with van der Waals surface area (Å²) in [6.07, 6.45) is 1.47. The fourth-order valence-electron chi connectivity index (χ4n) is 2.80. The number of rotatable bonds is 1. The lowest BCUT2D eigenvalue weighted by Gasteiger charge is -2.27. The van der Waals surface area contributed by atoms with Gasteiger partial charge < -0.3 is 5.73 Å². The normalized spacial score (nSPS) is 15.3. The van der Waals surface area contributed by atoms with Gasteiger partial charge in [0.1, 0.15) is 11.7 Å². The van der Waals surface area contributed by atoms with Crippen LogP contribution in [0.3, 0.4) is 0 Å². The molecule has 0 atom stereocenters. The zero-order valence-corrected chi connectivity index (χ0v) is 13.2. The second-order valence-corrected chi connectivity index (χ2v) is 5.69. The molecular weight excluding hydrogens is 304 g/mol. The van der Waals surface area contributed by atoms with Crippen molar-refractivity contribution in [2.24, 2.45) is 9.98 Å². The number of guanidine groups is 1. The molecule has 3 N–H and O–H groups in total. The van der Waals surface area contributed by atoms with Gasteiger partial charge in [0.2, 0.25) is 5.96 Å². The molecule has 0 aliphatic carbocycles. The predicted molar refractivity (Wildman–Crippen MR) is 92.5 cm³/mol. The number of nitrogens with zero attached hydrogens (tertiary/aromatic N) is 4. The van der Waals surface area contributed by atoms with Crippen LogP contribution in [0.1, 0.15) is 21.5 Å². The molecule has 0 radical (unpaired) electrons. The van der Waals surface area contributed by atoms with E-state index in [1.165, 1.54) is 6.20 Å². The van der Waals surface area contributed by atoms with E-state index in [1.54, 1.807) is 6.07 Å². The summed E-state index contributed by atoms with van der Waals surface area (Å²) in [5, 5.41) is 2.87. The summed E-state index contributed by atoms with van der Waals surface area (Å²) in [6, 6.07) is 9.49. The van der Waals surface area contributed by atoms with Crippen molar-refractivity contribution in [2.75, 3.05) is 18.8 Å². The number of carbonyl (C=O) groups excluding carboxylic acids is 1. The number of carbonyl (C=O) groups is 1. The number of amides is 1. The van der Waals surface area contributed by atoms with Crippen LogP contribution in [-0.2, 0) is 0 Å². The maximum absolute atomic E-state index is 12.5. The Labute approximate surface area is 138 Å². The Morgan fingerprint density at radius 1 is 1.33 bits per heavy atom. The Balaban J connectivity index is 1.67. The number of fused-ring (bicyclic) bond motifs is 3. The summed E-state index contributed by atoms with van der Waals surface area (Å²) in [5.41, 5.74) is 8.70. The van der Waals surface area contributed by atoms with E-state index in [-0.39, 0.29) is 5.91 Å². The summed E-state index contributed by atoms with van der Waals surface area (Å²) in [4.78, 5) is 27.6. The summed E-state index contributed by atoms with van der Waals surface area (Å²) >= 11 is 0. The van der Waals surface area contributed by atoms with Gasteiger partial charge in [0, 0.05) is 18.3 Å². The standard InChI is InChI=1S/C17H16N6O/c1-10-8-11(9-20-14(10)18)16(24)22-17-21-13-5-3-2-4-12(13)15-19-6-7-23(15)17/h2-5,8-9H,6-7H2,1H3,(H2,18,20)(H,21,22,24). The first-order valence-corrected chi connectivity index (χ1v) is 7.67. The number of nitrogens with one attached hydrogen (secondary N) is 1. The van der Waals surface area contributed by atoms with Crippen molar-refractivity contribution in [1.29, 1.82) is 0 Å². The molecule has 4 rings (SSSR count). The van der Waals surface area contributed by atoms with E-state index in [2.05, 4.69) is 20.3 Å². The Morgan fingerprint density at radius 3 is 3.00 bits per heavy atom. The first-order valence-electron chi connectivity index (χ1n) is 7.67. The smallest absolute Gasteiger partial charge is 0.259 e. The van der Waals surface area contributed by atoms with Crippen LogP contribution in [0, 0.1) is 6.92 Å². The summed E-state index contributed by atoms with van der Waals surface area (Å²) in [7, 11) is 0. The number of aliphatic imine (C=N–C) groups is 2. The number of hydrogen-bond acceptors (Lipinski definition) is 6. The van der Waals surface area contributed by atoms with Gasteiger partial charge in [-0.05, 0) is 30.7 Å². The number of benzene rings is 1. The number of nitrogens with two attached hydrogens (primary N) is 1. The van der Waals surface area contributed by atoms with Gasteiger partial charge in [-0.25, -0.2) is 9.98 Å². The minimum Gasteiger partial charge on any atom is -0.383 e. The molecule has 0 unspecified atom stereocenters. The number of hydrogen-bond donors (Lipinski definition) is 2. The van der Waals surface area contributed by atoms with Gasteiger partial charge in [-0.2, -0.15) is 0 Å². The zero-order valence-electron chi connectivity index (χ0n) is 13.2. The fraction of sp³-hybridized carbons (Fsp3) is 0.176. The Hall–Kier alpha value is -3.22. The van der Waals surface area contributed by atoms with Crippen LogP contribution in [0.4, 0.5) is 11.5 Å². The molecule has 24 heavy (non-hydrogen) atoms. The monoisotopic (exact) mass is 320 g/mol. The van der Waals surface area contributed by atoms with Crippen molar-refractivity contribution in [3.8, 4) is 0 Å². The van der Waals surface area contributed by atoms with E-state index >= 15 is 0 Å². The van der Waals surface area contributed by atoms with E-state index < -0.39 is 0 Å². The number of nitrogen functional groups attached to an aromatic ring is 1. The third-order valence-electron chi connectivity index (χ3n) is 4.07. The maximum Gasteiger partial charge on any atom is 0.259 e. The summed E-state index contributed by atoms with van der Waals surface area (Å²) < 4.78 is 0. The zero-order chi connectivity index (χ0) is 16.7. The highest BCUT2D eigenvalue weighted by Crippen LogP contribution is 2.27. The molecule has 3 heterocycles. The van der Waals surface area contributed by atoms with E-state index in [1.807, 2.05) is 36.1 Å². The predicted octanol–water partition coefficient (Wildman–Crippen LogP) is 1.47. The highest BCUT2D eigenvalue weighted by molar-refractivity contribution is 6.19. The largest absolute Gasteiger partial charge is 0.383 e. The SMILES string of the molecule is Cc1cc(C(=O)NC2=Nc3ccccc3C3=NCCN23)cnc1N. The molecule has 0 spiro atoms. The molecule has 1 aromatic heterocycles. The number of aryl methyl sites for hydroxylation is 1. The minimum atomic E-state index is -0.269. The van der Waals surface area contributed by atoms with Crippen molar-refractivity contribution in [1.82, 2.24) is 15.2 Å². The molecule has 2 aliphatic rings. The molecule has 1 aromatic carbocycles. The van der Waals surface area contributed by atoms with Crippen molar-refractivity contribution >= 4 is 29.2 Å². The lowest BCUT2D eigenvalue weighted by atomic mass is 10.1. The van der Waals surface area contributed by atoms with Crippen molar-refractivity contribution in [3.63, 3.8) is 0 Å². The molecule has 7 nitrogen and oxygen atoms in total. The molecule has 120 valence electrons. The highest BCUT2D eigenvalue weighted by Gasteiger charge is 2.30. The van der Waals surface area contributed by atoms with Crippen LogP contribution in [0.5, 0.6) is 0 Å². The lowest BCUT2D eigenvalue weighted by Crippen LogP contribution is -2.47.